The molecule has 0 saturated heterocycles. The van der Waals surface area contributed by atoms with E-state index in [1.54, 1.807) is 0 Å². The highest BCUT2D eigenvalue weighted by molar-refractivity contribution is 5.08. The van der Waals surface area contributed by atoms with Gasteiger partial charge in [0.2, 0.25) is 0 Å². The van der Waals surface area contributed by atoms with Crippen molar-refractivity contribution in [1.29, 1.82) is 0 Å². The molecule has 9 heavy (non-hydrogen) atoms. The van der Waals surface area contributed by atoms with Crippen LogP contribution in [0.3, 0.4) is 0 Å². The molecule has 0 aliphatic carbocycles. The molecular weight excluding hydrogens is 112 g/mol. The summed E-state index contributed by atoms with van der Waals surface area (Å²) in [5.74, 6) is 1.41. The Kier molecular flexibility index (Phi) is 1.88. The lowest BCUT2D eigenvalue weighted by Crippen LogP contribution is -1.88. The van der Waals surface area contributed by atoms with Crippen LogP contribution in [0.4, 0.5) is 0 Å². The molecule has 49 valence electrons. The van der Waals surface area contributed by atoms with Gasteiger partial charge >= 0.3 is 0 Å². The summed E-state index contributed by atoms with van der Waals surface area (Å²) in [6.07, 6.45) is 4.82. The summed E-state index contributed by atoms with van der Waals surface area (Å²) in [4.78, 5) is 0. The van der Waals surface area contributed by atoms with Crippen molar-refractivity contribution in [1.82, 2.24) is 10.2 Å². The van der Waals surface area contributed by atoms with Crippen molar-refractivity contribution in [2.75, 3.05) is 0 Å². The van der Waals surface area contributed by atoms with E-state index >= 15 is 0 Å². The Labute approximate surface area is 55.3 Å². The smallest absolute Gasteiger partial charge is 0.0519 e. The molecule has 0 unspecified atom stereocenters. The number of aromatic nitrogens is 2. The van der Waals surface area contributed by atoms with Crippen LogP contribution in [0.5, 0.6) is 0 Å². The molecule has 1 aromatic heterocycles. The highest BCUT2D eigenvalue weighted by Crippen LogP contribution is 2.05. The van der Waals surface area contributed by atoms with Crippen molar-refractivity contribution in [3.05, 3.63) is 23.9 Å². The van der Waals surface area contributed by atoms with Gasteiger partial charge in [0, 0.05) is 6.20 Å². The van der Waals surface area contributed by atoms with E-state index in [2.05, 4.69) is 24.0 Å². The Hall–Kier alpha value is -0.790. The van der Waals surface area contributed by atoms with Gasteiger partial charge in [0.15, 0.2) is 0 Å². The van der Waals surface area contributed by atoms with Gasteiger partial charge in [0.1, 0.15) is 0 Å². The molecule has 1 aromatic rings. The highest BCUT2D eigenvalue weighted by atomic mass is 15.1. The number of aromatic amines is 1. The zero-order valence-electron chi connectivity index (χ0n) is 5.81. The van der Waals surface area contributed by atoms with Gasteiger partial charge in [-0.25, -0.2) is 0 Å². The van der Waals surface area contributed by atoms with Crippen LogP contribution in [0.15, 0.2) is 12.4 Å². The predicted octanol–water partition coefficient (Wildman–Crippen LogP) is 1.57. The van der Waals surface area contributed by atoms with Crippen LogP contribution in [-0.4, -0.2) is 10.2 Å². The molecule has 0 spiro atoms. The summed E-state index contributed by atoms with van der Waals surface area (Å²) < 4.78 is 0. The Morgan fingerprint density at radius 1 is 1.67 bits per heavy atom. The lowest BCUT2D eigenvalue weighted by Gasteiger charge is -1.97. The lowest BCUT2D eigenvalue weighted by molar-refractivity contribution is 0.958. The van der Waals surface area contributed by atoms with E-state index < -0.39 is 0 Å². The molecule has 1 rings (SSSR count). The van der Waals surface area contributed by atoms with Gasteiger partial charge in [-0.05, 0) is 17.9 Å². The zero-order chi connectivity index (χ0) is 6.69. The van der Waals surface area contributed by atoms with Gasteiger partial charge in [-0.1, -0.05) is 13.8 Å². The van der Waals surface area contributed by atoms with E-state index in [0.717, 1.165) is 6.42 Å². The minimum absolute atomic E-state index is 1.04. The Bertz CT molecular complexity index is 153. The van der Waals surface area contributed by atoms with Crippen molar-refractivity contribution in [3.63, 3.8) is 0 Å². The van der Waals surface area contributed by atoms with E-state index in [1.165, 1.54) is 11.5 Å². The number of nitrogens with one attached hydrogen (secondary N) is 1. The van der Waals surface area contributed by atoms with Crippen LogP contribution < -0.4 is 0 Å². The second-order valence-corrected chi connectivity index (χ2v) is 2.49. The van der Waals surface area contributed by atoms with Crippen LogP contribution >= 0.6 is 0 Å². The molecule has 2 nitrogen and oxygen atoms in total. The van der Waals surface area contributed by atoms with Crippen molar-refractivity contribution in [2.24, 2.45) is 0 Å². The van der Waals surface area contributed by atoms with E-state index in [-0.39, 0.29) is 0 Å². The van der Waals surface area contributed by atoms with Gasteiger partial charge in [-0.15, -0.1) is 0 Å². The number of rotatable bonds is 2. The lowest BCUT2D eigenvalue weighted by atomic mass is 10.1. The van der Waals surface area contributed by atoms with Crippen LogP contribution in [-0.2, 0) is 6.42 Å². The summed E-state index contributed by atoms with van der Waals surface area (Å²) in [5.41, 5.74) is 1.26. The van der Waals surface area contributed by atoms with E-state index in [4.69, 9.17) is 0 Å². The quantitative estimate of drug-likeness (QED) is 0.635. The van der Waals surface area contributed by atoms with Gasteiger partial charge < -0.3 is 0 Å². The average molecular weight is 123 g/mol. The highest BCUT2D eigenvalue weighted by Gasteiger charge is 1.96. The summed E-state index contributed by atoms with van der Waals surface area (Å²) in [6.45, 7) is 4.24. The predicted molar refractivity (Wildman–Crippen MR) is 36.9 cm³/mol. The number of H-pyrrole nitrogens is 1. The van der Waals surface area contributed by atoms with Crippen molar-refractivity contribution in [2.45, 2.75) is 20.3 Å². The standard InChI is InChI=1S/C7H11N2/c1-6(2)3-7-4-8-9-5-7/h4-5H,3H2,1-2H3,(H,8,9). The summed E-state index contributed by atoms with van der Waals surface area (Å²) in [7, 11) is 0. The Morgan fingerprint density at radius 2 is 2.44 bits per heavy atom. The first-order chi connectivity index (χ1) is 4.29. The third kappa shape index (κ3) is 1.88. The largest absolute Gasteiger partial charge is 0.285 e. The fraction of sp³-hybridized carbons (Fsp3) is 0.429. The fourth-order valence-electron chi connectivity index (χ4n) is 0.783. The van der Waals surface area contributed by atoms with Crippen LogP contribution in [0.2, 0.25) is 0 Å². The maximum atomic E-state index is 3.84. The number of nitrogens with zero attached hydrogens (tertiary/aromatic N) is 1. The van der Waals surface area contributed by atoms with Gasteiger partial charge in [0.25, 0.3) is 0 Å². The Balaban J connectivity index is 2.48. The second kappa shape index (κ2) is 2.67. The van der Waals surface area contributed by atoms with Gasteiger partial charge in [-0.2, -0.15) is 5.10 Å². The number of hydrogen-bond acceptors (Lipinski definition) is 1. The van der Waals surface area contributed by atoms with Gasteiger partial charge in [0.05, 0.1) is 6.20 Å². The van der Waals surface area contributed by atoms with Crippen molar-refractivity contribution in [3.8, 4) is 0 Å². The first-order valence-electron chi connectivity index (χ1n) is 3.05. The molecule has 0 atom stereocenters. The van der Waals surface area contributed by atoms with Crippen molar-refractivity contribution < 1.29 is 0 Å². The minimum atomic E-state index is 1.04. The summed E-state index contributed by atoms with van der Waals surface area (Å²) >= 11 is 0. The SMILES string of the molecule is C[C](C)Cc1cn[nH]c1. The third-order valence-electron chi connectivity index (χ3n) is 1.11. The van der Waals surface area contributed by atoms with Crippen LogP contribution in [0, 0.1) is 5.92 Å². The maximum absolute atomic E-state index is 3.84. The molecule has 0 aliphatic heterocycles. The molecular formula is C7H11N2. The third-order valence-corrected chi connectivity index (χ3v) is 1.11. The van der Waals surface area contributed by atoms with E-state index in [9.17, 15) is 0 Å². The van der Waals surface area contributed by atoms with Gasteiger partial charge in [-0.3, -0.25) is 5.10 Å². The molecule has 0 aliphatic rings. The first kappa shape index (κ1) is 6.33. The molecule has 0 fully saturated rings. The zero-order valence-corrected chi connectivity index (χ0v) is 5.81. The van der Waals surface area contributed by atoms with Crippen molar-refractivity contribution >= 4 is 0 Å². The maximum Gasteiger partial charge on any atom is 0.0519 e. The average Bonchev–Trinajstić information content (AvgIpc) is 2.15. The fourth-order valence-corrected chi connectivity index (χ4v) is 0.783. The molecule has 0 bridgehead atoms. The molecule has 1 N–H and O–H groups in total. The molecule has 1 radical (unpaired) electrons. The Morgan fingerprint density at radius 3 is 2.89 bits per heavy atom. The monoisotopic (exact) mass is 123 g/mol. The molecule has 0 saturated carbocycles. The molecule has 0 aromatic carbocycles. The minimum Gasteiger partial charge on any atom is -0.285 e. The van der Waals surface area contributed by atoms with Crippen LogP contribution in [0.25, 0.3) is 0 Å². The topological polar surface area (TPSA) is 28.7 Å². The molecule has 0 amide bonds. The van der Waals surface area contributed by atoms with E-state index in [1.807, 2.05) is 12.4 Å². The molecule has 2 heteroatoms. The number of hydrogen-bond donors (Lipinski definition) is 1. The normalized spacial score (nSPS) is 10.6. The first-order valence-corrected chi connectivity index (χ1v) is 3.05. The van der Waals surface area contributed by atoms with Crippen LogP contribution in [0.1, 0.15) is 19.4 Å². The summed E-state index contributed by atoms with van der Waals surface area (Å²) in [6, 6.07) is 0. The molecule has 1 heterocycles. The second-order valence-electron chi connectivity index (χ2n) is 2.49. The summed E-state index contributed by atoms with van der Waals surface area (Å²) in [5, 5.41) is 6.61. The van der Waals surface area contributed by atoms with E-state index in [0.29, 0.717) is 0 Å².